The van der Waals surface area contributed by atoms with Crippen molar-refractivity contribution in [2.24, 2.45) is 0 Å². The lowest BCUT2D eigenvalue weighted by Gasteiger charge is -2.37. The Labute approximate surface area is 246 Å². The smallest absolute Gasteiger partial charge is 0.251 e. The second-order valence-corrected chi connectivity index (χ2v) is 11.3. The standard InChI is InChI=1S/C31H40N6O5/c1-20-12-26(8-11-37(20)22(3)38)35-30-14-24(6-9-32-30)31(40)33-15-27(39)17-36-10-7-23-13-28(5-4-25(23)16-36)41-18-29-21(2)34-19-42-29/h4-6,9,13-14,19-20,26-27,39H,7-8,10-12,15-18H2,1-3H3,(H,32,35)(H,33,40)/t20-,26+,27?/m1/s1. The van der Waals surface area contributed by atoms with E-state index >= 15 is 0 Å². The fourth-order valence-corrected chi connectivity index (χ4v) is 5.75. The number of aliphatic hydroxyl groups is 1. The molecule has 3 aromatic rings. The third-order valence-electron chi connectivity index (χ3n) is 8.11. The zero-order valence-corrected chi connectivity index (χ0v) is 24.5. The van der Waals surface area contributed by atoms with Crippen molar-refractivity contribution in [3.05, 3.63) is 71.1 Å². The molecule has 1 fully saturated rings. The fraction of sp³-hybridized carbons (Fsp3) is 0.484. The van der Waals surface area contributed by atoms with Gasteiger partial charge in [0.15, 0.2) is 12.2 Å². The average molecular weight is 577 g/mol. The van der Waals surface area contributed by atoms with Gasteiger partial charge in [0, 0.05) is 63.5 Å². The number of oxazole rings is 1. The molecule has 42 heavy (non-hydrogen) atoms. The molecule has 0 bridgehead atoms. The number of benzene rings is 1. The molecule has 0 radical (unpaired) electrons. The van der Waals surface area contributed by atoms with Crippen LogP contribution in [0, 0.1) is 6.92 Å². The van der Waals surface area contributed by atoms with Gasteiger partial charge < -0.3 is 29.8 Å². The monoisotopic (exact) mass is 576 g/mol. The highest BCUT2D eigenvalue weighted by atomic mass is 16.5. The molecule has 11 heteroatoms. The Kier molecular flexibility index (Phi) is 9.38. The third-order valence-corrected chi connectivity index (χ3v) is 8.11. The molecule has 1 unspecified atom stereocenters. The summed E-state index contributed by atoms with van der Waals surface area (Å²) in [6.45, 7) is 8.74. The highest BCUT2D eigenvalue weighted by molar-refractivity contribution is 5.94. The average Bonchev–Trinajstić information content (AvgIpc) is 3.39. The molecule has 2 aliphatic heterocycles. The minimum atomic E-state index is -0.698. The Hall–Kier alpha value is -3.96. The van der Waals surface area contributed by atoms with Crippen LogP contribution in [0.1, 0.15) is 59.6 Å². The molecule has 11 nitrogen and oxygen atoms in total. The van der Waals surface area contributed by atoms with Gasteiger partial charge >= 0.3 is 0 Å². The predicted octanol–water partition coefficient (Wildman–Crippen LogP) is 2.92. The highest BCUT2D eigenvalue weighted by Crippen LogP contribution is 2.25. The number of pyridine rings is 1. The predicted molar refractivity (Wildman–Crippen MR) is 157 cm³/mol. The third kappa shape index (κ3) is 7.46. The first kappa shape index (κ1) is 29.5. The molecule has 0 spiro atoms. The summed E-state index contributed by atoms with van der Waals surface area (Å²) in [7, 11) is 0. The number of piperidine rings is 1. The van der Waals surface area contributed by atoms with Crippen LogP contribution >= 0.6 is 0 Å². The number of aryl methyl sites for hydroxylation is 1. The number of β-amino-alcohol motifs (C(OH)–C–C–N with tert-alkyl or cyclic N) is 1. The van der Waals surface area contributed by atoms with Crippen molar-refractivity contribution >= 4 is 17.6 Å². The van der Waals surface area contributed by atoms with Gasteiger partial charge in [-0.3, -0.25) is 14.5 Å². The van der Waals surface area contributed by atoms with E-state index in [0.29, 0.717) is 31.1 Å². The maximum atomic E-state index is 12.8. The molecule has 1 saturated heterocycles. The molecular weight excluding hydrogens is 536 g/mol. The van der Waals surface area contributed by atoms with E-state index in [2.05, 4.69) is 44.6 Å². The summed E-state index contributed by atoms with van der Waals surface area (Å²) in [4.78, 5) is 37.1. The molecule has 2 aliphatic rings. The molecule has 1 aromatic carbocycles. The zero-order chi connectivity index (χ0) is 29.6. The van der Waals surface area contributed by atoms with Crippen molar-refractivity contribution < 1.29 is 23.8 Å². The van der Waals surface area contributed by atoms with Crippen molar-refractivity contribution in [3.8, 4) is 5.75 Å². The Morgan fingerprint density at radius 2 is 2.05 bits per heavy atom. The minimum Gasteiger partial charge on any atom is -0.486 e. The maximum absolute atomic E-state index is 12.8. The number of carbonyl (C=O) groups excluding carboxylic acids is 2. The summed E-state index contributed by atoms with van der Waals surface area (Å²) in [6, 6.07) is 9.83. The van der Waals surface area contributed by atoms with E-state index in [1.54, 1.807) is 25.3 Å². The molecule has 2 aromatic heterocycles. The second-order valence-electron chi connectivity index (χ2n) is 11.3. The fourth-order valence-electron chi connectivity index (χ4n) is 5.75. The van der Waals surface area contributed by atoms with Crippen LogP contribution in [-0.2, 0) is 24.4 Å². The van der Waals surface area contributed by atoms with Crippen molar-refractivity contribution in [2.75, 3.05) is 31.5 Å². The van der Waals surface area contributed by atoms with E-state index in [1.807, 2.05) is 17.9 Å². The molecule has 224 valence electrons. The van der Waals surface area contributed by atoms with Crippen LogP contribution in [0.4, 0.5) is 5.82 Å². The van der Waals surface area contributed by atoms with Gasteiger partial charge in [-0.2, -0.15) is 0 Å². The van der Waals surface area contributed by atoms with Crippen LogP contribution < -0.4 is 15.4 Å². The Bertz CT molecular complexity index is 1390. The number of rotatable bonds is 10. The lowest BCUT2D eigenvalue weighted by Crippen LogP contribution is -2.47. The van der Waals surface area contributed by atoms with Crippen LogP contribution in [0.3, 0.4) is 0 Å². The van der Waals surface area contributed by atoms with Gasteiger partial charge in [-0.25, -0.2) is 9.97 Å². The number of anilines is 1. The van der Waals surface area contributed by atoms with Crippen molar-refractivity contribution in [3.63, 3.8) is 0 Å². The van der Waals surface area contributed by atoms with Crippen LogP contribution in [0.5, 0.6) is 5.75 Å². The van der Waals surface area contributed by atoms with Crippen molar-refractivity contribution in [1.29, 1.82) is 0 Å². The number of ether oxygens (including phenoxy) is 1. The van der Waals surface area contributed by atoms with E-state index in [-0.39, 0.29) is 30.4 Å². The van der Waals surface area contributed by atoms with Crippen molar-refractivity contribution in [2.45, 2.75) is 71.4 Å². The number of nitrogens with zero attached hydrogens (tertiary/aromatic N) is 4. The van der Waals surface area contributed by atoms with Gasteiger partial charge in [0.25, 0.3) is 5.91 Å². The molecule has 0 aliphatic carbocycles. The van der Waals surface area contributed by atoms with E-state index in [1.165, 1.54) is 17.5 Å². The molecule has 3 N–H and O–H groups in total. The normalized spacial score (nSPS) is 19.6. The summed E-state index contributed by atoms with van der Waals surface area (Å²) in [5, 5.41) is 17.0. The number of fused-ring (bicyclic) bond motifs is 1. The number of aromatic nitrogens is 2. The quantitative estimate of drug-likeness (QED) is 0.333. The van der Waals surface area contributed by atoms with Crippen LogP contribution in [0.15, 0.2) is 47.3 Å². The number of amides is 2. The Morgan fingerprint density at radius 1 is 1.19 bits per heavy atom. The molecular formula is C31H40N6O5. The topological polar surface area (TPSA) is 133 Å². The highest BCUT2D eigenvalue weighted by Gasteiger charge is 2.27. The first-order valence-corrected chi connectivity index (χ1v) is 14.6. The van der Waals surface area contributed by atoms with E-state index in [4.69, 9.17) is 9.15 Å². The number of nitrogens with one attached hydrogen (secondary N) is 2. The first-order chi connectivity index (χ1) is 20.2. The minimum absolute atomic E-state index is 0.0972. The van der Waals surface area contributed by atoms with Crippen molar-refractivity contribution in [1.82, 2.24) is 25.1 Å². The van der Waals surface area contributed by atoms with Crippen LogP contribution in [0.25, 0.3) is 0 Å². The lowest BCUT2D eigenvalue weighted by molar-refractivity contribution is -0.132. The second kappa shape index (κ2) is 13.3. The summed E-state index contributed by atoms with van der Waals surface area (Å²) in [5.74, 6) is 1.99. The number of aliphatic hydroxyl groups excluding tert-OH is 1. The SMILES string of the molecule is CC(=O)N1CC[C@H](Nc2cc(C(=O)NCC(O)CN3CCc4cc(OCc5ocnc5C)ccc4C3)ccn2)C[C@H]1C. The zero-order valence-electron chi connectivity index (χ0n) is 24.5. The number of likely N-dealkylation sites (tertiary alicyclic amines) is 1. The first-order valence-electron chi connectivity index (χ1n) is 14.6. The largest absolute Gasteiger partial charge is 0.486 e. The Balaban J connectivity index is 1.06. The molecule has 4 heterocycles. The molecule has 0 saturated carbocycles. The number of hydrogen-bond donors (Lipinski definition) is 3. The van der Waals surface area contributed by atoms with Crippen LogP contribution in [-0.4, -0.2) is 81.1 Å². The van der Waals surface area contributed by atoms with Gasteiger partial charge in [-0.05, 0) is 68.5 Å². The summed E-state index contributed by atoms with van der Waals surface area (Å²) in [5.41, 5.74) is 3.76. The maximum Gasteiger partial charge on any atom is 0.251 e. The lowest BCUT2D eigenvalue weighted by atomic mass is 9.98. The van der Waals surface area contributed by atoms with E-state index < -0.39 is 6.10 Å². The van der Waals surface area contributed by atoms with Gasteiger partial charge in [0.05, 0.1) is 11.8 Å². The molecule has 3 atom stereocenters. The summed E-state index contributed by atoms with van der Waals surface area (Å²) in [6.07, 6.45) is 4.84. The van der Waals surface area contributed by atoms with Gasteiger partial charge in [-0.1, -0.05) is 6.07 Å². The van der Waals surface area contributed by atoms with Gasteiger partial charge in [-0.15, -0.1) is 0 Å². The van der Waals surface area contributed by atoms with Gasteiger partial charge in [0.2, 0.25) is 5.91 Å². The Morgan fingerprint density at radius 3 is 2.81 bits per heavy atom. The molecule has 2 amide bonds. The molecule has 5 rings (SSSR count). The number of hydrogen-bond acceptors (Lipinski definition) is 9. The van der Waals surface area contributed by atoms with E-state index in [9.17, 15) is 14.7 Å². The van der Waals surface area contributed by atoms with E-state index in [0.717, 1.165) is 49.6 Å². The summed E-state index contributed by atoms with van der Waals surface area (Å²) < 4.78 is 11.2. The van der Waals surface area contributed by atoms with Crippen LogP contribution in [0.2, 0.25) is 0 Å². The number of carbonyl (C=O) groups is 2. The van der Waals surface area contributed by atoms with Gasteiger partial charge in [0.1, 0.15) is 18.2 Å². The summed E-state index contributed by atoms with van der Waals surface area (Å²) >= 11 is 0.